The van der Waals surface area contributed by atoms with Gasteiger partial charge in [-0.05, 0) is 25.1 Å². The first-order chi connectivity index (χ1) is 6.16. The zero-order valence-corrected chi connectivity index (χ0v) is 8.43. The minimum Gasteiger partial charge on any atom is -0.439 e. The van der Waals surface area contributed by atoms with Crippen molar-refractivity contribution in [2.24, 2.45) is 0 Å². The summed E-state index contributed by atoms with van der Waals surface area (Å²) in [4.78, 5) is 4.19. The van der Waals surface area contributed by atoms with Crippen molar-refractivity contribution in [3.8, 4) is 0 Å². The molecule has 1 unspecified atom stereocenters. The van der Waals surface area contributed by atoms with Gasteiger partial charge in [0, 0.05) is 5.02 Å². The zero-order valence-electron chi connectivity index (χ0n) is 6.92. The van der Waals surface area contributed by atoms with Crippen LogP contribution in [-0.4, -0.2) is 4.98 Å². The lowest BCUT2D eigenvalue weighted by molar-refractivity contribution is 0.531. The molecule has 0 aliphatic carbocycles. The maximum atomic E-state index is 5.83. The molecule has 1 aromatic carbocycles. The third-order valence-corrected chi connectivity index (χ3v) is 2.13. The third-order valence-electron chi connectivity index (χ3n) is 1.71. The van der Waals surface area contributed by atoms with E-state index in [9.17, 15) is 0 Å². The number of rotatable bonds is 1. The SMILES string of the molecule is CC(Cl)c1nc2cc(Cl)ccc2o1. The largest absolute Gasteiger partial charge is 0.439 e. The topological polar surface area (TPSA) is 26.0 Å². The van der Waals surface area contributed by atoms with Crippen molar-refractivity contribution in [2.45, 2.75) is 12.3 Å². The van der Waals surface area contributed by atoms with Gasteiger partial charge in [-0.1, -0.05) is 11.6 Å². The molecule has 0 fully saturated rings. The van der Waals surface area contributed by atoms with Crippen LogP contribution in [0, 0.1) is 0 Å². The molecule has 0 saturated carbocycles. The van der Waals surface area contributed by atoms with E-state index in [1.807, 2.05) is 6.92 Å². The van der Waals surface area contributed by atoms with Gasteiger partial charge in [0.2, 0.25) is 5.89 Å². The maximum absolute atomic E-state index is 5.83. The summed E-state index contributed by atoms with van der Waals surface area (Å²) < 4.78 is 5.38. The minimum atomic E-state index is -0.217. The van der Waals surface area contributed by atoms with E-state index >= 15 is 0 Å². The summed E-state index contributed by atoms with van der Waals surface area (Å²) in [5.41, 5.74) is 1.46. The van der Waals surface area contributed by atoms with E-state index in [0.717, 1.165) is 5.52 Å². The van der Waals surface area contributed by atoms with Crippen LogP contribution in [0.2, 0.25) is 5.02 Å². The first-order valence-electron chi connectivity index (χ1n) is 3.87. The lowest BCUT2D eigenvalue weighted by atomic mass is 10.3. The Balaban J connectivity index is 2.62. The van der Waals surface area contributed by atoms with Crippen LogP contribution in [0.25, 0.3) is 11.1 Å². The summed E-state index contributed by atoms with van der Waals surface area (Å²) in [7, 11) is 0. The fourth-order valence-corrected chi connectivity index (χ4v) is 1.35. The number of oxazole rings is 1. The molecule has 2 rings (SSSR count). The Morgan fingerprint density at radius 2 is 2.23 bits per heavy atom. The monoisotopic (exact) mass is 215 g/mol. The predicted octanol–water partition coefficient (Wildman–Crippen LogP) is 3.78. The van der Waals surface area contributed by atoms with Gasteiger partial charge < -0.3 is 4.42 Å². The molecule has 0 spiro atoms. The van der Waals surface area contributed by atoms with E-state index in [-0.39, 0.29) is 5.38 Å². The van der Waals surface area contributed by atoms with Gasteiger partial charge in [0.1, 0.15) is 10.9 Å². The fourth-order valence-electron chi connectivity index (χ4n) is 1.09. The summed E-state index contributed by atoms with van der Waals surface area (Å²) in [6.45, 7) is 1.81. The third kappa shape index (κ3) is 1.64. The average Bonchev–Trinajstić information content (AvgIpc) is 2.46. The van der Waals surface area contributed by atoms with Gasteiger partial charge in [0.15, 0.2) is 5.58 Å². The van der Waals surface area contributed by atoms with Gasteiger partial charge in [-0.15, -0.1) is 11.6 Å². The Kier molecular flexibility index (Phi) is 2.18. The Bertz CT molecular complexity index is 436. The van der Waals surface area contributed by atoms with E-state index < -0.39 is 0 Å². The quantitative estimate of drug-likeness (QED) is 0.678. The van der Waals surface area contributed by atoms with Crippen molar-refractivity contribution in [3.05, 3.63) is 29.1 Å². The Labute approximate surface area is 85.5 Å². The lowest BCUT2D eigenvalue weighted by Gasteiger charge is -1.91. The van der Waals surface area contributed by atoms with E-state index in [4.69, 9.17) is 27.6 Å². The maximum Gasteiger partial charge on any atom is 0.213 e. The van der Waals surface area contributed by atoms with Gasteiger partial charge >= 0.3 is 0 Å². The van der Waals surface area contributed by atoms with Crippen LogP contribution in [0.15, 0.2) is 22.6 Å². The molecule has 0 aliphatic heterocycles. The molecule has 1 atom stereocenters. The number of benzene rings is 1. The Morgan fingerprint density at radius 3 is 2.92 bits per heavy atom. The second-order valence-corrected chi connectivity index (χ2v) is 3.87. The molecule has 0 bridgehead atoms. The van der Waals surface area contributed by atoms with Crippen LogP contribution in [0.4, 0.5) is 0 Å². The highest BCUT2D eigenvalue weighted by Crippen LogP contribution is 2.25. The molecule has 2 aromatic rings. The second-order valence-electron chi connectivity index (χ2n) is 2.78. The molecule has 13 heavy (non-hydrogen) atoms. The summed E-state index contributed by atoms with van der Waals surface area (Å²) >= 11 is 11.6. The molecule has 0 aliphatic rings. The molecule has 4 heteroatoms. The average molecular weight is 216 g/mol. The Morgan fingerprint density at radius 1 is 1.46 bits per heavy atom. The van der Waals surface area contributed by atoms with Crippen LogP contribution in [-0.2, 0) is 0 Å². The summed E-state index contributed by atoms with van der Waals surface area (Å²) in [6.07, 6.45) is 0. The lowest BCUT2D eigenvalue weighted by Crippen LogP contribution is -1.81. The standard InChI is InChI=1S/C9H7Cl2NO/c1-5(10)9-12-7-4-6(11)2-3-8(7)13-9/h2-5H,1H3. The highest BCUT2D eigenvalue weighted by Gasteiger charge is 2.10. The van der Waals surface area contributed by atoms with Crippen LogP contribution in [0.3, 0.4) is 0 Å². The number of aromatic nitrogens is 1. The molecule has 2 nitrogen and oxygen atoms in total. The van der Waals surface area contributed by atoms with Crippen molar-refractivity contribution in [1.29, 1.82) is 0 Å². The molecule has 0 radical (unpaired) electrons. The van der Waals surface area contributed by atoms with Gasteiger partial charge in [-0.25, -0.2) is 4.98 Å². The molecule has 1 heterocycles. The van der Waals surface area contributed by atoms with Crippen LogP contribution in [0.5, 0.6) is 0 Å². The highest BCUT2D eigenvalue weighted by molar-refractivity contribution is 6.31. The van der Waals surface area contributed by atoms with Crippen LogP contribution < -0.4 is 0 Å². The van der Waals surface area contributed by atoms with Crippen molar-refractivity contribution in [1.82, 2.24) is 4.98 Å². The fraction of sp³-hybridized carbons (Fsp3) is 0.222. The molecule has 1 aromatic heterocycles. The summed E-state index contributed by atoms with van der Waals surface area (Å²) in [6, 6.07) is 5.30. The number of hydrogen-bond acceptors (Lipinski definition) is 2. The van der Waals surface area contributed by atoms with Crippen LogP contribution >= 0.6 is 23.2 Å². The Hall–Kier alpha value is -0.730. The second kappa shape index (κ2) is 3.20. The van der Waals surface area contributed by atoms with Crippen molar-refractivity contribution in [2.75, 3.05) is 0 Å². The number of nitrogens with zero attached hydrogens (tertiary/aromatic N) is 1. The van der Waals surface area contributed by atoms with Gasteiger partial charge in [-0.3, -0.25) is 0 Å². The molecule has 0 saturated heterocycles. The molecule has 0 amide bonds. The smallest absolute Gasteiger partial charge is 0.213 e. The number of halogens is 2. The van der Waals surface area contributed by atoms with Gasteiger partial charge in [0.05, 0.1) is 0 Å². The van der Waals surface area contributed by atoms with Crippen molar-refractivity contribution >= 4 is 34.3 Å². The molecule has 68 valence electrons. The van der Waals surface area contributed by atoms with Gasteiger partial charge in [0.25, 0.3) is 0 Å². The summed E-state index contributed by atoms with van der Waals surface area (Å²) in [5, 5.41) is 0.431. The summed E-state index contributed by atoms with van der Waals surface area (Å²) in [5.74, 6) is 0.527. The van der Waals surface area contributed by atoms with Crippen LogP contribution in [0.1, 0.15) is 18.2 Å². The first kappa shape index (κ1) is 8.85. The van der Waals surface area contributed by atoms with Crippen molar-refractivity contribution in [3.63, 3.8) is 0 Å². The first-order valence-corrected chi connectivity index (χ1v) is 4.68. The highest BCUT2D eigenvalue weighted by atomic mass is 35.5. The zero-order chi connectivity index (χ0) is 9.42. The normalized spacial score (nSPS) is 13.5. The predicted molar refractivity (Wildman–Crippen MR) is 53.3 cm³/mol. The minimum absolute atomic E-state index is 0.217. The molecular formula is C9H7Cl2NO. The van der Waals surface area contributed by atoms with Crippen molar-refractivity contribution < 1.29 is 4.42 Å². The number of alkyl halides is 1. The van der Waals surface area contributed by atoms with E-state index in [2.05, 4.69) is 4.98 Å². The number of hydrogen-bond donors (Lipinski definition) is 0. The van der Waals surface area contributed by atoms with Gasteiger partial charge in [-0.2, -0.15) is 0 Å². The molecular weight excluding hydrogens is 209 g/mol. The van der Waals surface area contributed by atoms with E-state index in [1.54, 1.807) is 18.2 Å². The number of fused-ring (bicyclic) bond motifs is 1. The van der Waals surface area contributed by atoms with E-state index in [1.165, 1.54) is 0 Å². The molecule has 0 N–H and O–H groups in total. The van der Waals surface area contributed by atoms with E-state index in [0.29, 0.717) is 16.5 Å².